The highest BCUT2D eigenvalue weighted by Gasteiger charge is 2.19. The summed E-state index contributed by atoms with van der Waals surface area (Å²) in [5.74, 6) is -0.755. The van der Waals surface area contributed by atoms with Crippen LogP contribution in [-0.4, -0.2) is 32.8 Å². The quantitative estimate of drug-likeness (QED) is 0.660. The van der Waals surface area contributed by atoms with Crippen LogP contribution in [0.3, 0.4) is 0 Å². The lowest BCUT2D eigenvalue weighted by Gasteiger charge is -2.14. The molecule has 150 valence electrons. The number of carbonyl (C=O) groups excluding carboxylic acids is 2. The molecule has 0 saturated heterocycles. The molecule has 8 heteroatoms. The normalized spacial score (nSPS) is 12.1. The zero-order chi connectivity index (χ0) is 20.9. The lowest BCUT2D eigenvalue weighted by Crippen LogP contribution is -2.44. The summed E-state index contributed by atoms with van der Waals surface area (Å²) >= 11 is 0. The minimum absolute atomic E-state index is 0.187. The van der Waals surface area contributed by atoms with Gasteiger partial charge >= 0.3 is 0 Å². The van der Waals surface area contributed by atoms with E-state index in [0.29, 0.717) is 12.1 Å². The number of sulfonamides is 1. The van der Waals surface area contributed by atoms with Crippen molar-refractivity contribution in [1.29, 1.82) is 0 Å². The Hall–Kier alpha value is -2.87. The molecule has 1 atom stereocenters. The van der Waals surface area contributed by atoms with E-state index < -0.39 is 22.0 Å². The molecule has 0 aliphatic heterocycles. The van der Waals surface area contributed by atoms with Crippen LogP contribution in [0.1, 0.15) is 35.3 Å². The Labute approximate surface area is 165 Å². The number of hydrogen-bond donors (Lipinski definition) is 3. The SMILES string of the molecule is CCNC(=O)[C@H](C)NC(=O)c1cccc(NS(=O)(=O)c2cc(C)ccc2C)c1. The van der Waals surface area contributed by atoms with Gasteiger partial charge in [0.15, 0.2) is 0 Å². The van der Waals surface area contributed by atoms with Gasteiger partial charge in [-0.2, -0.15) is 0 Å². The third-order valence-electron chi connectivity index (χ3n) is 4.10. The number of amides is 2. The number of nitrogens with one attached hydrogen (secondary N) is 3. The summed E-state index contributed by atoms with van der Waals surface area (Å²) < 4.78 is 28.0. The standard InChI is InChI=1S/C20H25N3O4S/c1-5-21-19(24)15(4)22-20(25)16-7-6-8-17(12-16)23-28(26,27)18-11-13(2)9-10-14(18)3/h6-12,15,23H,5H2,1-4H3,(H,21,24)(H,22,25)/t15-/m0/s1. The smallest absolute Gasteiger partial charge is 0.262 e. The maximum absolute atomic E-state index is 12.7. The van der Waals surface area contributed by atoms with E-state index in [4.69, 9.17) is 0 Å². The largest absolute Gasteiger partial charge is 0.355 e. The molecule has 0 heterocycles. The molecule has 7 nitrogen and oxygen atoms in total. The average molecular weight is 404 g/mol. The number of benzene rings is 2. The predicted molar refractivity (Wildman–Crippen MR) is 109 cm³/mol. The number of hydrogen-bond acceptors (Lipinski definition) is 4. The van der Waals surface area contributed by atoms with Crippen molar-refractivity contribution in [2.24, 2.45) is 0 Å². The first-order valence-electron chi connectivity index (χ1n) is 8.92. The molecule has 28 heavy (non-hydrogen) atoms. The summed E-state index contributed by atoms with van der Waals surface area (Å²) in [6, 6.07) is 10.6. The minimum Gasteiger partial charge on any atom is -0.355 e. The van der Waals surface area contributed by atoms with Gasteiger partial charge in [0.1, 0.15) is 6.04 Å². The highest BCUT2D eigenvalue weighted by molar-refractivity contribution is 7.92. The number of aryl methyl sites for hydroxylation is 2. The number of anilines is 1. The lowest BCUT2D eigenvalue weighted by molar-refractivity contribution is -0.122. The van der Waals surface area contributed by atoms with Crippen LogP contribution in [-0.2, 0) is 14.8 Å². The van der Waals surface area contributed by atoms with Gasteiger partial charge in [-0.15, -0.1) is 0 Å². The molecular weight excluding hydrogens is 378 g/mol. The molecule has 0 aliphatic rings. The van der Waals surface area contributed by atoms with E-state index in [9.17, 15) is 18.0 Å². The van der Waals surface area contributed by atoms with E-state index >= 15 is 0 Å². The fourth-order valence-electron chi connectivity index (χ4n) is 2.60. The number of likely N-dealkylation sites (N-methyl/N-ethyl adjacent to an activating group) is 1. The summed E-state index contributed by atoms with van der Waals surface area (Å²) in [4.78, 5) is 24.3. The maximum Gasteiger partial charge on any atom is 0.262 e. The summed E-state index contributed by atoms with van der Waals surface area (Å²) in [5.41, 5.74) is 1.97. The van der Waals surface area contributed by atoms with Crippen molar-refractivity contribution >= 4 is 27.5 Å². The average Bonchev–Trinajstić information content (AvgIpc) is 2.63. The van der Waals surface area contributed by atoms with E-state index in [1.54, 1.807) is 51.1 Å². The highest BCUT2D eigenvalue weighted by atomic mass is 32.2. The Balaban J connectivity index is 2.20. The summed E-state index contributed by atoms with van der Waals surface area (Å²) in [6.07, 6.45) is 0. The third kappa shape index (κ3) is 5.32. The summed E-state index contributed by atoms with van der Waals surface area (Å²) in [7, 11) is -3.80. The molecule has 0 fully saturated rings. The van der Waals surface area contributed by atoms with Crippen LogP contribution in [0.4, 0.5) is 5.69 Å². The third-order valence-corrected chi connectivity index (χ3v) is 5.63. The van der Waals surface area contributed by atoms with E-state index in [1.807, 2.05) is 13.0 Å². The van der Waals surface area contributed by atoms with Crippen molar-refractivity contribution < 1.29 is 18.0 Å². The van der Waals surface area contributed by atoms with Gasteiger partial charge in [0, 0.05) is 17.8 Å². The van der Waals surface area contributed by atoms with Gasteiger partial charge in [0.2, 0.25) is 5.91 Å². The van der Waals surface area contributed by atoms with Crippen molar-refractivity contribution in [3.63, 3.8) is 0 Å². The molecular formula is C20H25N3O4S. The molecule has 2 amide bonds. The van der Waals surface area contributed by atoms with Crippen LogP contribution in [0.2, 0.25) is 0 Å². The Morgan fingerprint density at radius 1 is 1.07 bits per heavy atom. The summed E-state index contributed by atoms with van der Waals surface area (Å²) in [5, 5.41) is 5.22. The molecule has 0 bridgehead atoms. The van der Waals surface area contributed by atoms with Gasteiger partial charge in [-0.05, 0) is 63.1 Å². The zero-order valence-corrected chi connectivity index (χ0v) is 17.2. The van der Waals surface area contributed by atoms with Gasteiger partial charge in [0.25, 0.3) is 15.9 Å². The van der Waals surface area contributed by atoms with Crippen LogP contribution in [0, 0.1) is 13.8 Å². The van der Waals surface area contributed by atoms with Crippen LogP contribution in [0.5, 0.6) is 0 Å². The van der Waals surface area contributed by atoms with Crippen LogP contribution in [0.25, 0.3) is 0 Å². The molecule has 0 aliphatic carbocycles. The Morgan fingerprint density at radius 3 is 2.46 bits per heavy atom. The van der Waals surface area contributed by atoms with Crippen LogP contribution < -0.4 is 15.4 Å². The molecule has 2 aromatic carbocycles. The topological polar surface area (TPSA) is 104 Å². The van der Waals surface area contributed by atoms with E-state index in [2.05, 4.69) is 15.4 Å². The van der Waals surface area contributed by atoms with Crippen LogP contribution in [0.15, 0.2) is 47.4 Å². The van der Waals surface area contributed by atoms with Gasteiger partial charge < -0.3 is 10.6 Å². The van der Waals surface area contributed by atoms with Crippen molar-refractivity contribution in [3.8, 4) is 0 Å². The molecule has 0 aromatic heterocycles. The van der Waals surface area contributed by atoms with Gasteiger partial charge in [-0.1, -0.05) is 18.2 Å². The molecule has 0 unspecified atom stereocenters. The van der Waals surface area contributed by atoms with E-state index in [-0.39, 0.29) is 22.1 Å². The second kappa shape index (κ2) is 8.88. The van der Waals surface area contributed by atoms with E-state index in [1.165, 1.54) is 6.07 Å². The first-order valence-corrected chi connectivity index (χ1v) is 10.4. The molecule has 2 aromatic rings. The predicted octanol–water partition coefficient (Wildman–Crippen LogP) is 2.36. The second-order valence-corrected chi connectivity index (χ2v) is 8.20. The number of carbonyl (C=O) groups is 2. The summed E-state index contributed by atoms with van der Waals surface area (Å²) in [6.45, 7) is 7.38. The van der Waals surface area contributed by atoms with Crippen molar-refractivity contribution in [2.75, 3.05) is 11.3 Å². The highest BCUT2D eigenvalue weighted by Crippen LogP contribution is 2.21. The maximum atomic E-state index is 12.7. The first-order chi connectivity index (χ1) is 13.1. The fourth-order valence-corrected chi connectivity index (χ4v) is 3.98. The molecule has 2 rings (SSSR count). The van der Waals surface area contributed by atoms with Gasteiger partial charge in [-0.3, -0.25) is 14.3 Å². The fraction of sp³-hybridized carbons (Fsp3) is 0.300. The lowest BCUT2D eigenvalue weighted by atomic mass is 10.2. The molecule has 0 saturated carbocycles. The zero-order valence-electron chi connectivity index (χ0n) is 16.4. The molecule has 3 N–H and O–H groups in total. The van der Waals surface area contributed by atoms with Crippen molar-refractivity contribution in [1.82, 2.24) is 10.6 Å². The van der Waals surface area contributed by atoms with Gasteiger partial charge in [-0.25, -0.2) is 8.42 Å². The Bertz CT molecular complexity index is 987. The first kappa shape index (κ1) is 21.4. The van der Waals surface area contributed by atoms with Crippen molar-refractivity contribution in [3.05, 3.63) is 59.2 Å². The molecule has 0 spiro atoms. The Morgan fingerprint density at radius 2 is 1.79 bits per heavy atom. The second-order valence-electron chi connectivity index (χ2n) is 6.54. The van der Waals surface area contributed by atoms with Gasteiger partial charge in [0.05, 0.1) is 4.90 Å². The van der Waals surface area contributed by atoms with E-state index in [0.717, 1.165) is 5.56 Å². The van der Waals surface area contributed by atoms with Crippen LogP contribution >= 0.6 is 0 Å². The Kier molecular flexibility index (Phi) is 6.80. The number of rotatable bonds is 7. The molecule has 0 radical (unpaired) electrons. The van der Waals surface area contributed by atoms with Crippen molar-refractivity contribution in [2.45, 2.75) is 38.6 Å². The monoisotopic (exact) mass is 403 g/mol. The minimum atomic E-state index is -3.80.